The first-order valence-corrected chi connectivity index (χ1v) is 6.34. The number of rotatable bonds is 4. The lowest BCUT2D eigenvalue weighted by Crippen LogP contribution is -2.26. The van der Waals surface area contributed by atoms with E-state index in [2.05, 4.69) is 5.32 Å². The van der Waals surface area contributed by atoms with Crippen LogP contribution < -0.4 is 10.1 Å². The molecule has 2 rings (SSSR count). The van der Waals surface area contributed by atoms with Gasteiger partial charge >= 0.3 is 0 Å². The standard InChI is InChI=1S/C16H17NO3/c1-11(12-7-9-13(20-2)10-8-12)17-16(19)14-5-3-4-6-15(14)18/h3-11,18H,1-2H3,(H,17,19). The van der Waals surface area contributed by atoms with Crippen LogP contribution in [0.1, 0.15) is 28.9 Å². The van der Waals surface area contributed by atoms with E-state index in [1.165, 1.54) is 6.07 Å². The van der Waals surface area contributed by atoms with E-state index in [-0.39, 0.29) is 23.3 Å². The molecule has 2 aromatic carbocycles. The molecule has 20 heavy (non-hydrogen) atoms. The lowest BCUT2D eigenvalue weighted by Gasteiger charge is -2.15. The minimum absolute atomic E-state index is 0.0214. The average molecular weight is 271 g/mol. The molecule has 1 unspecified atom stereocenters. The van der Waals surface area contributed by atoms with Crippen LogP contribution in [-0.2, 0) is 0 Å². The van der Waals surface area contributed by atoms with Gasteiger partial charge in [-0.3, -0.25) is 4.79 Å². The second kappa shape index (κ2) is 6.10. The molecule has 0 heterocycles. The van der Waals surface area contributed by atoms with Crippen molar-refractivity contribution >= 4 is 5.91 Å². The van der Waals surface area contributed by atoms with Crippen molar-refractivity contribution in [3.63, 3.8) is 0 Å². The Morgan fingerprint density at radius 2 is 1.80 bits per heavy atom. The molecule has 0 aliphatic heterocycles. The summed E-state index contributed by atoms with van der Waals surface area (Å²) in [4.78, 5) is 12.1. The second-order valence-electron chi connectivity index (χ2n) is 4.49. The number of nitrogens with one attached hydrogen (secondary N) is 1. The third kappa shape index (κ3) is 3.09. The quantitative estimate of drug-likeness (QED) is 0.899. The van der Waals surface area contributed by atoms with Gasteiger partial charge in [0.1, 0.15) is 11.5 Å². The van der Waals surface area contributed by atoms with Gasteiger partial charge in [0.2, 0.25) is 0 Å². The van der Waals surface area contributed by atoms with Crippen molar-refractivity contribution in [2.45, 2.75) is 13.0 Å². The Morgan fingerprint density at radius 3 is 2.40 bits per heavy atom. The first-order chi connectivity index (χ1) is 9.61. The topological polar surface area (TPSA) is 58.6 Å². The Hall–Kier alpha value is -2.49. The van der Waals surface area contributed by atoms with Crippen LogP contribution in [0.3, 0.4) is 0 Å². The Bertz CT molecular complexity index is 593. The van der Waals surface area contributed by atoms with Crippen molar-refractivity contribution < 1.29 is 14.6 Å². The Balaban J connectivity index is 2.09. The number of hydrogen-bond acceptors (Lipinski definition) is 3. The molecule has 4 nitrogen and oxygen atoms in total. The molecule has 104 valence electrons. The molecule has 4 heteroatoms. The SMILES string of the molecule is COc1ccc(C(C)NC(=O)c2ccccc2O)cc1. The van der Waals surface area contributed by atoms with E-state index in [9.17, 15) is 9.90 Å². The Kier molecular flexibility index (Phi) is 4.25. The number of carbonyl (C=O) groups is 1. The lowest BCUT2D eigenvalue weighted by molar-refractivity contribution is 0.0937. The van der Waals surface area contributed by atoms with E-state index in [0.717, 1.165) is 11.3 Å². The van der Waals surface area contributed by atoms with Crippen LogP contribution in [0.2, 0.25) is 0 Å². The summed E-state index contributed by atoms with van der Waals surface area (Å²) in [6.07, 6.45) is 0. The molecular weight excluding hydrogens is 254 g/mol. The summed E-state index contributed by atoms with van der Waals surface area (Å²) < 4.78 is 5.09. The molecule has 2 aromatic rings. The molecule has 0 bridgehead atoms. The number of ether oxygens (including phenoxy) is 1. The second-order valence-corrected chi connectivity index (χ2v) is 4.49. The average Bonchev–Trinajstić information content (AvgIpc) is 2.47. The van der Waals surface area contributed by atoms with Crippen molar-refractivity contribution in [1.82, 2.24) is 5.32 Å². The number of carbonyl (C=O) groups excluding carboxylic acids is 1. The van der Waals surface area contributed by atoms with Crippen molar-refractivity contribution in [2.75, 3.05) is 7.11 Å². The summed E-state index contributed by atoms with van der Waals surface area (Å²) in [7, 11) is 1.61. The molecule has 0 aromatic heterocycles. The zero-order valence-electron chi connectivity index (χ0n) is 11.5. The molecule has 0 aliphatic rings. The minimum atomic E-state index is -0.300. The highest BCUT2D eigenvalue weighted by Gasteiger charge is 2.14. The molecule has 2 N–H and O–H groups in total. The van der Waals surface area contributed by atoms with E-state index >= 15 is 0 Å². The number of methoxy groups -OCH3 is 1. The maximum Gasteiger partial charge on any atom is 0.255 e. The van der Waals surface area contributed by atoms with Gasteiger partial charge in [-0.2, -0.15) is 0 Å². The number of phenols is 1. The molecule has 1 atom stereocenters. The van der Waals surface area contributed by atoms with Gasteiger partial charge in [-0.15, -0.1) is 0 Å². The number of phenolic OH excluding ortho intramolecular Hbond substituents is 1. The Labute approximate surface area is 118 Å². The highest BCUT2D eigenvalue weighted by molar-refractivity contribution is 5.96. The monoisotopic (exact) mass is 271 g/mol. The first kappa shape index (κ1) is 13.9. The first-order valence-electron chi connectivity index (χ1n) is 6.34. The van der Waals surface area contributed by atoms with E-state index in [0.29, 0.717) is 0 Å². The van der Waals surface area contributed by atoms with Gasteiger partial charge in [0.15, 0.2) is 0 Å². The lowest BCUT2D eigenvalue weighted by atomic mass is 10.1. The highest BCUT2D eigenvalue weighted by Crippen LogP contribution is 2.20. The van der Waals surface area contributed by atoms with Gasteiger partial charge in [0, 0.05) is 0 Å². The minimum Gasteiger partial charge on any atom is -0.507 e. The van der Waals surface area contributed by atoms with Gasteiger partial charge in [0.05, 0.1) is 18.7 Å². The predicted octanol–water partition coefficient (Wildman–Crippen LogP) is 2.89. The largest absolute Gasteiger partial charge is 0.507 e. The van der Waals surface area contributed by atoms with Crippen LogP contribution in [-0.4, -0.2) is 18.1 Å². The fraction of sp³-hybridized carbons (Fsp3) is 0.188. The number of para-hydroxylation sites is 1. The molecule has 1 amide bonds. The van der Waals surface area contributed by atoms with E-state index in [4.69, 9.17) is 4.74 Å². The molecule has 0 saturated carbocycles. The summed E-state index contributed by atoms with van der Waals surface area (Å²) >= 11 is 0. The number of amides is 1. The molecule has 0 fully saturated rings. The van der Waals surface area contributed by atoms with Crippen molar-refractivity contribution in [2.24, 2.45) is 0 Å². The summed E-state index contributed by atoms with van der Waals surface area (Å²) in [6, 6.07) is 13.8. The van der Waals surface area contributed by atoms with Crippen LogP contribution in [0, 0.1) is 0 Å². The third-order valence-corrected chi connectivity index (χ3v) is 3.11. The third-order valence-electron chi connectivity index (χ3n) is 3.11. The van der Waals surface area contributed by atoms with Crippen LogP contribution >= 0.6 is 0 Å². The number of benzene rings is 2. The predicted molar refractivity (Wildman–Crippen MR) is 77.0 cm³/mol. The van der Waals surface area contributed by atoms with Crippen LogP contribution in [0.15, 0.2) is 48.5 Å². The van der Waals surface area contributed by atoms with Gasteiger partial charge in [-0.1, -0.05) is 24.3 Å². The van der Waals surface area contributed by atoms with Gasteiger partial charge in [0.25, 0.3) is 5.91 Å². The zero-order valence-corrected chi connectivity index (χ0v) is 11.5. The molecule has 0 radical (unpaired) electrons. The molecule has 0 spiro atoms. The van der Waals surface area contributed by atoms with Gasteiger partial charge in [-0.25, -0.2) is 0 Å². The number of hydrogen-bond donors (Lipinski definition) is 2. The van der Waals surface area contributed by atoms with E-state index < -0.39 is 0 Å². The fourth-order valence-corrected chi connectivity index (χ4v) is 1.92. The number of aromatic hydroxyl groups is 1. The van der Waals surface area contributed by atoms with Gasteiger partial charge < -0.3 is 15.2 Å². The summed E-state index contributed by atoms with van der Waals surface area (Å²) in [5, 5.41) is 12.5. The van der Waals surface area contributed by atoms with E-state index in [1.807, 2.05) is 31.2 Å². The van der Waals surface area contributed by atoms with Crippen molar-refractivity contribution in [1.29, 1.82) is 0 Å². The van der Waals surface area contributed by atoms with E-state index in [1.54, 1.807) is 25.3 Å². The normalized spacial score (nSPS) is 11.7. The fourth-order valence-electron chi connectivity index (χ4n) is 1.92. The van der Waals surface area contributed by atoms with Crippen LogP contribution in [0.5, 0.6) is 11.5 Å². The van der Waals surface area contributed by atoms with Gasteiger partial charge in [-0.05, 0) is 36.8 Å². The summed E-state index contributed by atoms with van der Waals surface area (Å²) in [6.45, 7) is 1.89. The molecular formula is C16H17NO3. The van der Waals surface area contributed by atoms with Crippen molar-refractivity contribution in [3.8, 4) is 11.5 Å². The highest BCUT2D eigenvalue weighted by atomic mass is 16.5. The zero-order chi connectivity index (χ0) is 14.5. The summed E-state index contributed by atoms with van der Waals surface area (Å²) in [5.74, 6) is 0.450. The van der Waals surface area contributed by atoms with Crippen LogP contribution in [0.25, 0.3) is 0 Å². The Morgan fingerprint density at radius 1 is 1.15 bits per heavy atom. The van der Waals surface area contributed by atoms with Crippen LogP contribution in [0.4, 0.5) is 0 Å². The maximum absolute atomic E-state index is 12.1. The van der Waals surface area contributed by atoms with Crippen molar-refractivity contribution in [3.05, 3.63) is 59.7 Å². The molecule has 0 aliphatic carbocycles. The summed E-state index contributed by atoms with van der Waals surface area (Å²) in [5.41, 5.74) is 1.24. The smallest absolute Gasteiger partial charge is 0.255 e. The molecule has 0 saturated heterocycles. The maximum atomic E-state index is 12.1.